The van der Waals surface area contributed by atoms with Crippen molar-refractivity contribution in [3.05, 3.63) is 35.2 Å². The molecule has 3 heteroatoms. The van der Waals surface area contributed by atoms with Crippen molar-refractivity contribution < 1.29 is 9.13 Å². The first kappa shape index (κ1) is 23.3. The Morgan fingerprint density at radius 2 is 1.96 bits per heavy atom. The van der Waals surface area contributed by atoms with Crippen LogP contribution in [0.1, 0.15) is 73.1 Å². The standard InChI is InChI=1S/C25H42FNO/c1-19(2)16-23(27-13-11-21(12-14-27)8-7-15-28-6)18-25(4,5)24-10-9-22(26)17-20(24)3/h9-10,16,20-21,23H,7-8,11-15,17-18H2,1-6H3. The summed E-state index contributed by atoms with van der Waals surface area (Å²) in [6.07, 6.45) is 12.9. The lowest BCUT2D eigenvalue weighted by Crippen LogP contribution is -2.43. The number of hydrogen-bond acceptors (Lipinski definition) is 2. The third-order valence-electron chi connectivity index (χ3n) is 6.58. The third-order valence-corrected chi connectivity index (χ3v) is 6.58. The summed E-state index contributed by atoms with van der Waals surface area (Å²) in [5.41, 5.74) is 2.86. The van der Waals surface area contributed by atoms with Gasteiger partial charge in [-0.25, -0.2) is 4.39 Å². The predicted octanol–water partition coefficient (Wildman–Crippen LogP) is 6.70. The Balaban J connectivity index is 2.03. The molecule has 0 aromatic carbocycles. The molecule has 160 valence electrons. The van der Waals surface area contributed by atoms with Crippen molar-refractivity contribution in [2.75, 3.05) is 26.8 Å². The molecule has 0 saturated carbocycles. The van der Waals surface area contributed by atoms with Gasteiger partial charge in [-0.15, -0.1) is 0 Å². The number of nitrogens with zero attached hydrogens (tertiary/aromatic N) is 1. The number of halogens is 1. The van der Waals surface area contributed by atoms with Crippen LogP contribution in [-0.2, 0) is 4.74 Å². The highest BCUT2D eigenvalue weighted by molar-refractivity contribution is 5.28. The fourth-order valence-corrected chi connectivity index (χ4v) is 5.12. The van der Waals surface area contributed by atoms with E-state index in [1.807, 2.05) is 6.08 Å². The largest absolute Gasteiger partial charge is 0.385 e. The molecule has 2 rings (SSSR count). The van der Waals surface area contributed by atoms with Crippen LogP contribution in [0.3, 0.4) is 0 Å². The van der Waals surface area contributed by atoms with Crippen LogP contribution in [0.4, 0.5) is 4.39 Å². The summed E-state index contributed by atoms with van der Waals surface area (Å²) in [4.78, 5) is 2.69. The Morgan fingerprint density at radius 3 is 2.54 bits per heavy atom. The molecule has 2 aliphatic rings. The van der Waals surface area contributed by atoms with Crippen LogP contribution in [-0.4, -0.2) is 37.7 Å². The Bertz CT molecular complexity index is 577. The molecule has 0 aromatic rings. The molecule has 0 aromatic heterocycles. The number of ether oxygens (including phenoxy) is 1. The summed E-state index contributed by atoms with van der Waals surface area (Å²) in [6, 6.07) is 0.462. The highest BCUT2D eigenvalue weighted by Gasteiger charge is 2.34. The first-order valence-corrected chi connectivity index (χ1v) is 11.2. The number of likely N-dealkylation sites (tertiary alicyclic amines) is 1. The Hall–Kier alpha value is -0.930. The van der Waals surface area contributed by atoms with Crippen molar-refractivity contribution in [2.45, 2.75) is 79.2 Å². The van der Waals surface area contributed by atoms with Gasteiger partial charge in [-0.1, -0.05) is 44.1 Å². The number of hydrogen-bond donors (Lipinski definition) is 0. The lowest BCUT2D eigenvalue weighted by Gasteiger charge is -2.42. The van der Waals surface area contributed by atoms with Gasteiger partial charge in [0.2, 0.25) is 0 Å². The SMILES string of the molecule is COCCCC1CCN(C(C=C(C)C)CC(C)(C)C2=CC=C(F)CC2C)CC1. The Kier molecular flexibility index (Phi) is 8.95. The van der Waals surface area contributed by atoms with Crippen LogP contribution >= 0.6 is 0 Å². The van der Waals surface area contributed by atoms with Crippen LogP contribution in [0.15, 0.2) is 35.2 Å². The first-order chi connectivity index (χ1) is 13.2. The van der Waals surface area contributed by atoms with E-state index in [4.69, 9.17) is 4.74 Å². The molecule has 1 heterocycles. The molecule has 0 N–H and O–H groups in total. The maximum absolute atomic E-state index is 13.7. The van der Waals surface area contributed by atoms with E-state index in [0.29, 0.717) is 18.4 Å². The minimum absolute atomic E-state index is 0.0171. The molecule has 0 bridgehead atoms. The zero-order valence-corrected chi connectivity index (χ0v) is 19.1. The number of piperidine rings is 1. The van der Waals surface area contributed by atoms with Crippen molar-refractivity contribution in [2.24, 2.45) is 17.3 Å². The predicted molar refractivity (Wildman–Crippen MR) is 118 cm³/mol. The highest BCUT2D eigenvalue weighted by Crippen LogP contribution is 2.42. The van der Waals surface area contributed by atoms with E-state index in [1.165, 1.54) is 49.9 Å². The molecule has 1 aliphatic carbocycles. The molecular formula is C25H42FNO. The fraction of sp³-hybridized carbons (Fsp3) is 0.760. The van der Waals surface area contributed by atoms with Gasteiger partial charge in [-0.3, -0.25) is 4.90 Å². The summed E-state index contributed by atoms with van der Waals surface area (Å²) in [5, 5.41) is 0. The molecule has 0 spiro atoms. The van der Waals surface area contributed by atoms with Crippen LogP contribution in [0, 0.1) is 17.3 Å². The van der Waals surface area contributed by atoms with Crippen LogP contribution in [0.25, 0.3) is 0 Å². The molecule has 0 radical (unpaired) electrons. The van der Waals surface area contributed by atoms with Crippen LogP contribution < -0.4 is 0 Å². The normalized spacial score (nSPS) is 23.2. The second-order valence-corrected chi connectivity index (χ2v) is 9.85. The van der Waals surface area contributed by atoms with Crippen molar-refractivity contribution >= 4 is 0 Å². The summed E-state index contributed by atoms with van der Waals surface area (Å²) < 4.78 is 18.9. The molecule has 1 fully saturated rings. The fourth-order valence-electron chi connectivity index (χ4n) is 5.12. The van der Waals surface area contributed by atoms with Crippen molar-refractivity contribution in [3.63, 3.8) is 0 Å². The van der Waals surface area contributed by atoms with Gasteiger partial charge >= 0.3 is 0 Å². The highest BCUT2D eigenvalue weighted by atomic mass is 19.1. The summed E-state index contributed by atoms with van der Waals surface area (Å²) in [5.74, 6) is 1.16. The van der Waals surface area contributed by atoms with Gasteiger partial charge in [-0.05, 0) is 82.4 Å². The van der Waals surface area contributed by atoms with E-state index >= 15 is 0 Å². The molecule has 0 amide bonds. The molecule has 1 saturated heterocycles. The molecule has 28 heavy (non-hydrogen) atoms. The lowest BCUT2D eigenvalue weighted by atomic mass is 9.71. The van der Waals surface area contributed by atoms with E-state index in [1.54, 1.807) is 13.2 Å². The first-order valence-electron chi connectivity index (χ1n) is 11.2. The van der Waals surface area contributed by atoms with Gasteiger partial charge in [0, 0.05) is 26.2 Å². The summed E-state index contributed by atoms with van der Waals surface area (Å²) >= 11 is 0. The molecule has 2 nitrogen and oxygen atoms in total. The minimum Gasteiger partial charge on any atom is -0.385 e. The maximum atomic E-state index is 13.7. The smallest absolute Gasteiger partial charge is 0.100 e. The molecule has 1 aliphatic heterocycles. The third kappa shape index (κ3) is 6.84. The Labute approximate surface area is 172 Å². The zero-order chi connectivity index (χ0) is 20.7. The van der Waals surface area contributed by atoms with E-state index in [2.05, 4.69) is 45.6 Å². The van der Waals surface area contributed by atoms with Gasteiger partial charge in [0.25, 0.3) is 0 Å². The summed E-state index contributed by atoms with van der Waals surface area (Å²) in [7, 11) is 1.79. The van der Waals surface area contributed by atoms with Gasteiger partial charge in [0.1, 0.15) is 5.83 Å². The topological polar surface area (TPSA) is 12.5 Å². The second kappa shape index (κ2) is 10.7. The number of allylic oxidation sites excluding steroid dienone is 5. The molecular weight excluding hydrogens is 349 g/mol. The van der Waals surface area contributed by atoms with Gasteiger partial charge < -0.3 is 4.74 Å². The van der Waals surface area contributed by atoms with Crippen molar-refractivity contribution in [1.29, 1.82) is 0 Å². The number of methoxy groups -OCH3 is 1. The average molecular weight is 392 g/mol. The zero-order valence-electron chi connectivity index (χ0n) is 19.1. The van der Waals surface area contributed by atoms with E-state index in [0.717, 1.165) is 18.9 Å². The lowest BCUT2D eigenvalue weighted by molar-refractivity contribution is 0.118. The molecule has 2 atom stereocenters. The van der Waals surface area contributed by atoms with Crippen LogP contribution in [0.2, 0.25) is 0 Å². The number of rotatable bonds is 9. The second-order valence-electron chi connectivity index (χ2n) is 9.85. The average Bonchev–Trinajstić information content (AvgIpc) is 2.61. The van der Waals surface area contributed by atoms with Gasteiger partial charge in [-0.2, -0.15) is 0 Å². The maximum Gasteiger partial charge on any atom is 0.100 e. The van der Waals surface area contributed by atoms with Crippen molar-refractivity contribution in [1.82, 2.24) is 4.90 Å². The monoisotopic (exact) mass is 391 g/mol. The van der Waals surface area contributed by atoms with Crippen molar-refractivity contribution in [3.8, 4) is 0 Å². The van der Waals surface area contributed by atoms with Gasteiger partial charge in [0.15, 0.2) is 0 Å². The van der Waals surface area contributed by atoms with E-state index in [9.17, 15) is 4.39 Å². The van der Waals surface area contributed by atoms with Crippen LogP contribution in [0.5, 0.6) is 0 Å². The molecule has 2 unspecified atom stereocenters. The van der Waals surface area contributed by atoms with Gasteiger partial charge in [0.05, 0.1) is 0 Å². The van der Waals surface area contributed by atoms with E-state index in [-0.39, 0.29) is 11.2 Å². The van der Waals surface area contributed by atoms with E-state index < -0.39 is 0 Å². The quantitative estimate of drug-likeness (QED) is 0.320. The summed E-state index contributed by atoms with van der Waals surface area (Å²) in [6.45, 7) is 14.5. The minimum atomic E-state index is 0.0171. The Morgan fingerprint density at radius 1 is 1.29 bits per heavy atom.